The van der Waals surface area contributed by atoms with Crippen molar-refractivity contribution in [1.82, 2.24) is 9.80 Å². The van der Waals surface area contributed by atoms with Crippen LogP contribution >= 0.6 is 0 Å². The van der Waals surface area contributed by atoms with Gasteiger partial charge in [-0.05, 0) is 19.5 Å². The van der Waals surface area contributed by atoms with Crippen LogP contribution in [0.2, 0.25) is 0 Å². The Labute approximate surface area is 105 Å². The van der Waals surface area contributed by atoms with Gasteiger partial charge in [0.2, 0.25) is 0 Å². The van der Waals surface area contributed by atoms with Gasteiger partial charge < -0.3 is 9.47 Å². The van der Waals surface area contributed by atoms with Gasteiger partial charge in [-0.1, -0.05) is 20.8 Å². The van der Waals surface area contributed by atoms with Gasteiger partial charge in [0.1, 0.15) is 0 Å². The lowest BCUT2D eigenvalue weighted by molar-refractivity contribution is 0.0360. The molecule has 0 aromatic heterocycles. The van der Waals surface area contributed by atoms with E-state index in [0.29, 0.717) is 18.4 Å². The first kappa shape index (κ1) is 13.3. The van der Waals surface area contributed by atoms with E-state index in [9.17, 15) is 0 Å². The lowest BCUT2D eigenvalue weighted by Gasteiger charge is -2.38. The lowest BCUT2D eigenvalue weighted by Crippen LogP contribution is -2.50. The Hall–Kier alpha value is -0.160. The van der Waals surface area contributed by atoms with Crippen LogP contribution in [-0.2, 0) is 9.47 Å². The minimum absolute atomic E-state index is 0.471. The molecule has 17 heavy (non-hydrogen) atoms. The minimum atomic E-state index is 0.471. The zero-order valence-corrected chi connectivity index (χ0v) is 11.4. The van der Waals surface area contributed by atoms with Gasteiger partial charge in [-0.2, -0.15) is 0 Å². The first-order valence-electron chi connectivity index (χ1n) is 6.99. The molecule has 0 spiro atoms. The third-order valence-corrected chi connectivity index (χ3v) is 3.70. The summed E-state index contributed by atoms with van der Waals surface area (Å²) in [6.07, 6.45) is 2.65. The third-order valence-electron chi connectivity index (χ3n) is 3.70. The van der Waals surface area contributed by atoms with E-state index < -0.39 is 0 Å². The van der Waals surface area contributed by atoms with Crippen LogP contribution in [0.15, 0.2) is 0 Å². The fourth-order valence-electron chi connectivity index (χ4n) is 2.58. The smallest absolute Gasteiger partial charge is 0.0937 e. The van der Waals surface area contributed by atoms with Crippen LogP contribution in [0.1, 0.15) is 27.2 Å². The third kappa shape index (κ3) is 3.91. The molecule has 0 amide bonds. The van der Waals surface area contributed by atoms with Crippen molar-refractivity contribution in [2.75, 3.05) is 39.4 Å². The quantitative estimate of drug-likeness (QED) is 0.448. The predicted octanol–water partition coefficient (Wildman–Crippen LogP) is 1.16. The molecule has 0 aliphatic carbocycles. The molecule has 0 bridgehead atoms. The molecule has 0 aromatic carbocycles. The molecule has 0 aromatic rings. The molecule has 0 radical (unpaired) electrons. The molecule has 4 heteroatoms. The summed E-state index contributed by atoms with van der Waals surface area (Å²) in [5.74, 6) is 0. The van der Waals surface area contributed by atoms with Gasteiger partial charge in [-0.25, -0.2) is 0 Å². The molecule has 2 aliphatic heterocycles. The maximum Gasteiger partial charge on any atom is 0.0937 e. The largest absolute Gasteiger partial charge is 0.372 e. The normalized spacial score (nSPS) is 28.8. The van der Waals surface area contributed by atoms with Gasteiger partial charge in [0.25, 0.3) is 0 Å². The second-order valence-corrected chi connectivity index (χ2v) is 4.97. The fourth-order valence-corrected chi connectivity index (χ4v) is 2.58. The molecule has 2 heterocycles. The van der Waals surface area contributed by atoms with Crippen molar-refractivity contribution in [3.63, 3.8) is 0 Å². The van der Waals surface area contributed by atoms with E-state index in [1.54, 1.807) is 0 Å². The molecule has 0 saturated carbocycles. The zero-order valence-electron chi connectivity index (χ0n) is 11.4. The Morgan fingerprint density at radius 1 is 0.941 bits per heavy atom. The summed E-state index contributed by atoms with van der Waals surface area (Å²) in [5.41, 5.74) is 0. The summed E-state index contributed by atoms with van der Waals surface area (Å²) in [4.78, 5) is 5.09. The summed E-state index contributed by atoms with van der Waals surface area (Å²) in [6.45, 7) is 13.0. The summed E-state index contributed by atoms with van der Waals surface area (Å²) in [7, 11) is 0. The van der Waals surface area contributed by atoms with Crippen LogP contribution in [0, 0.1) is 0 Å². The Morgan fingerprint density at radius 3 is 1.71 bits per heavy atom. The van der Waals surface area contributed by atoms with Gasteiger partial charge in [0.15, 0.2) is 0 Å². The molecule has 2 fully saturated rings. The van der Waals surface area contributed by atoms with Crippen molar-refractivity contribution < 1.29 is 9.47 Å². The number of epoxide rings is 2. The van der Waals surface area contributed by atoms with Crippen LogP contribution in [-0.4, -0.2) is 67.6 Å². The molecule has 0 N–H and O–H groups in total. The number of hydrogen-bond acceptors (Lipinski definition) is 4. The average Bonchev–Trinajstić information content (AvgIpc) is 3.20. The molecule has 2 aliphatic rings. The predicted molar refractivity (Wildman–Crippen MR) is 68.1 cm³/mol. The molecular formula is C13H26N2O2. The van der Waals surface area contributed by atoms with Crippen LogP contribution in [0.4, 0.5) is 0 Å². The van der Waals surface area contributed by atoms with Crippen molar-refractivity contribution >= 4 is 0 Å². The van der Waals surface area contributed by atoms with Gasteiger partial charge in [0.05, 0.1) is 31.6 Å². The maximum atomic E-state index is 5.38. The van der Waals surface area contributed by atoms with Gasteiger partial charge in [-0.15, -0.1) is 0 Å². The number of nitrogens with zero attached hydrogens (tertiary/aromatic N) is 2. The van der Waals surface area contributed by atoms with Crippen LogP contribution in [0.3, 0.4) is 0 Å². The molecule has 2 saturated heterocycles. The summed E-state index contributed by atoms with van der Waals surface area (Å²) in [5, 5.41) is 0. The first-order chi connectivity index (χ1) is 8.28. The first-order valence-corrected chi connectivity index (χ1v) is 6.99. The number of hydrogen-bond donors (Lipinski definition) is 0. The van der Waals surface area contributed by atoms with E-state index in [0.717, 1.165) is 39.4 Å². The number of ether oxygens (including phenoxy) is 2. The van der Waals surface area contributed by atoms with Crippen molar-refractivity contribution in [3.05, 3.63) is 0 Å². The van der Waals surface area contributed by atoms with Crippen LogP contribution in [0.25, 0.3) is 0 Å². The number of rotatable bonds is 9. The minimum Gasteiger partial charge on any atom is -0.372 e. The highest BCUT2D eigenvalue weighted by Crippen LogP contribution is 2.20. The molecule has 100 valence electrons. The van der Waals surface area contributed by atoms with E-state index in [4.69, 9.17) is 9.47 Å². The molecule has 2 rings (SSSR count). The van der Waals surface area contributed by atoms with E-state index in [1.807, 2.05) is 0 Å². The fraction of sp³-hybridized carbons (Fsp3) is 1.00. The Kier molecular flexibility index (Phi) is 4.79. The van der Waals surface area contributed by atoms with E-state index >= 15 is 0 Å². The average molecular weight is 242 g/mol. The van der Waals surface area contributed by atoms with Gasteiger partial charge in [0, 0.05) is 13.1 Å². The van der Waals surface area contributed by atoms with Crippen LogP contribution < -0.4 is 0 Å². The highest BCUT2D eigenvalue weighted by Gasteiger charge is 2.34. The van der Waals surface area contributed by atoms with Crippen molar-refractivity contribution in [1.29, 1.82) is 0 Å². The second-order valence-electron chi connectivity index (χ2n) is 4.97. The topological polar surface area (TPSA) is 31.5 Å². The highest BCUT2D eigenvalue weighted by atomic mass is 16.6. The summed E-state index contributed by atoms with van der Waals surface area (Å²) < 4.78 is 10.8. The maximum absolute atomic E-state index is 5.38. The highest BCUT2D eigenvalue weighted by molar-refractivity contribution is 4.84. The van der Waals surface area contributed by atoms with E-state index in [1.165, 1.54) is 6.42 Å². The summed E-state index contributed by atoms with van der Waals surface area (Å²) >= 11 is 0. The van der Waals surface area contributed by atoms with Crippen molar-refractivity contribution in [2.24, 2.45) is 0 Å². The Morgan fingerprint density at radius 2 is 1.41 bits per heavy atom. The van der Waals surface area contributed by atoms with Crippen molar-refractivity contribution in [3.8, 4) is 0 Å². The van der Waals surface area contributed by atoms with Gasteiger partial charge >= 0.3 is 0 Å². The van der Waals surface area contributed by atoms with Crippen LogP contribution in [0.5, 0.6) is 0 Å². The van der Waals surface area contributed by atoms with E-state index in [-0.39, 0.29) is 0 Å². The Bertz CT molecular complexity index is 211. The van der Waals surface area contributed by atoms with Gasteiger partial charge in [-0.3, -0.25) is 9.80 Å². The van der Waals surface area contributed by atoms with E-state index in [2.05, 4.69) is 30.6 Å². The standard InChI is InChI=1S/C13H26N2O2/c1-4-13(14(5-2)6-3)15(7-11-9-16-11)8-12-10-17-12/h11-13H,4-10H2,1-3H3. The molecule has 4 nitrogen and oxygen atoms in total. The lowest BCUT2D eigenvalue weighted by atomic mass is 10.2. The molecule has 3 unspecified atom stereocenters. The second kappa shape index (κ2) is 6.14. The monoisotopic (exact) mass is 242 g/mol. The zero-order chi connectivity index (χ0) is 12.3. The van der Waals surface area contributed by atoms with Crippen molar-refractivity contribution in [2.45, 2.75) is 45.6 Å². The molecule has 3 atom stereocenters. The summed E-state index contributed by atoms with van der Waals surface area (Å²) in [6, 6.07) is 0. The Balaban J connectivity index is 1.92. The SMILES string of the molecule is CCC(N(CC)CC)N(CC1CO1)CC1CO1. The molecular weight excluding hydrogens is 216 g/mol.